The third-order valence-electron chi connectivity index (χ3n) is 16.9. The molecule has 19 heteroatoms. The molecule has 17 nitrogen and oxygen atoms in total. The van der Waals surface area contributed by atoms with Crippen molar-refractivity contribution in [2.75, 3.05) is 39.6 Å². The number of unbranched alkanes of at least 4 members (excludes halogenated alkanes) is 42. The van der Waals surface area contributed by atoms with Gasteiger partial charge in [-0.05, 0) is 57.3 Å². The molecule has 0 radical (unpaired) electrons. The summed E-state index contributed by atoms with van der Waals surface area (Å²) in [6.45, 7) is 7.20. The Labute approximate surface area is 573 Å². The lowest BCUT2D eigenvalue weighted by atomic mass is 10.0. The van der Waals surface area contributed by atoms with E-state index in [9.17, 15) is 43.2 Å². The van der Waals surface area contributed by atoms with Gasteiger partial charge in [0.2, 0.25) is 0 Å². The lowest BCUT2D eigenvalue weighted by Gasteiger charge is -2.21. The normalized spacial score (nSPS) is 14.1. The molecule has 0 fully saturated rings. The van der Waals surface area contributed by atoms with E-state index in [0.717, 1.165) is 121 Å². The molecule has 0 heterocycles. The Balaban J connectivity index is 5.25. The van der Waals surface area contributed by atoms with Crippen LogP contribution in [0.4, 0.5) is 0 Å². The number of esters is 4. The van der Waals surface area contributed by atoms with Crippen LogP contribution in [-0.2, 0) is 65.4 Å². The van der Waals surface area contributed by atoms with E-state index in [1.807, 2.05) is 0 Å². The summed E-state index contributed by atoms with van der Waals surface area (Å²) in [5.41, 5.74) is 0. The number of phosphoric acid groups is 2. The number of carbonyl (C=O) groups is 4. The van der Waals surface area contributed by atoms with Gasteiger partial charge >= 0.3 is 39.5 Å². The molecule has 94 heavy (non-hydrogen) atoms. The second-order valence-corrected chi connectivity index (χ2v) is 29.7. The highest BCUT2D eigenvalue weighted by molar-refractivity contribution is 7.47. The molecule has 0 saturated carbocycles. The van der Waals surface area contributed by atoms with Crippen LogP contribution in [-0.4, -0.2) is 96.7 Å². The minimum absolute atomic E-state index is 0.102. The number of ether oxygens (including phenoxy) is 4. The Kier molecular flexibility index (Phi) is 65.9. The van der Waals surface area contributed by atoms with Gasteiger partial charge in [-0.3, -0.25) is 37.3 Å². The minimum atomic E-state index is -4.96. The van der Waals surface area contributed by atoms with Crippen molar-refractivity contribution in [2.45, 2.75) is 387 Å². The van der Waals surface area contributed by atoms with Crippen LogP contribution in [0, 0.1) is 5.92 Å². The molecule has 3 N–H and O–H groups in total. The number of allylic oxidation sites excluding steroid dienone is 4. The summed E-state index contributed by atoms with van der Waals surface area (Å²) in [4.78, 5) is 72.7. The number of phosphoric ester groups is 2. The van der Waals surface area contributed by atoms with E-state index in [1.165, 1.54) is 167 Å². The highest BCUT2D eigenvalue weighted by atomic mass is 31.2. The van der Waals surface area contributed by atoms with Crippen molar-refractivity contribution >= 4 is 39.5 Å². The number of aliphatic hydroxyl groups is 1. The molecular weight excluding hydrogens is 1230 g/mol. The molecule has 0 bridgehead atoms. The Morgan fingerprint density at radius 3 is 0.872 bits per heavy atom. The van der Waals surface area contributed by atoms with Crippen molar-refractivity contribution in [3.05, 3.63) is 24.3 Å². The molecule has 0 aromatic carbocycles. The zero-order chi connectivity index (χ0) is 69.1. The molecule has 0 spiro atoms. The van der Waals surface area contributed by atoms with Crippen molar-refractivity contribution in [3.8, 4) is 0 Å². The highest BCUT2D eigenvalue weighted by Gasteiger charge is 2.30. The lowest BCUT2D eigenvalue weighted by Crippen LogP contribution is -2.30. The van der Waals surface area contributed by atoms with Crippen LogP contribution in [0.5, 0.6) is 0 Å². The summed E-state index contributed by atoms with van der Waals surface area (Å²) in [6, 6.07) is 0. The van der Waals surface area contributed by atoms with Crippen molar-refractivity contribution in [1.82, 2.24) is 0 Å². The minimum Gasteiger partial charge on any atom is -0.462 e. The van der Waals surface area contributed by atoms with Gasteiger partial charge < -0.3 is 33.8 Å². The Morgan fingerprint density at radius 1 is 0.330 bits per heavy atom. The quantitative estimate of drug-likeness (QED) is 0.0169. The molecule has 0 aromatic rings. The maximum absolute atomic E-state index is 13.1. The van der Waals surface area contributed by atoms with E-state index in [4.69, 9.17) is 37.0 Å². The molecule has 0 amide bonds. The van der Waals surface area contributed by atoms with Gasteiger partial charge in [-0.2, -0.15) is 0 Å². The number of hydrogen-bond acceptors (Lipinski definition) is 15. The number of aliphatic hydroxyl groups excluding tert-OH is 1. The molecule has 5 atom stereocenters. The van der Waals surface area contributed by atoms with E-state index < -0.39 is 97.5 Å². The second-order valence-electron chi connectivity index (χ2n) is 26.8. The van der Waals surface area contributed by atoms with Gasteiger partial charge in [0, 0.05) is 25.7 Å². The first-order valence-electron chi connectivity index (χ1n) is 38.5. The van der Waals surface area contributed by atoms with Crippen LogP contribution in [0.2, 0.25) is 0 Å². The molecule has 0 rings (SSSR count). The Morgan fingerprint density at radius 2 is 0.574 bits per heavy atom. The van der Waals surface area contributed by atoms with E-state index in [-0.39, 0.29) is 25.7 Å². The maximum Gasteiger partial charge on any atom is 0.472 e. The molecule has 554 valence electrons. The Hall–Kier alpha value is -2.46. The molecule has 0 saturated heterocycles. The largest absolute Gasteiger partial charge is 0.472 e. The average Bonchev–Trinajstić information content (AvgIpc) is 3.32. The fourth-order valence-corrected chi connectivity index (χ4v) is 12.6. The van der Waals surface area contributed by atoms with Gasteiger partial charge in [-0.1, -0.05) is 316 Å². The highest BCUT2D eigenvalue weighted by Crippen LogP contribution is 2.45. The van der Waals surface area contributed by atoms with Gasteiger partial charge in [-0.25, -0.2) is 9.13 Å². The third-order valence-corrected chi connectivity index (χ3v) is 18.8. The monoisotopic (exact) mass is 1380 g/mol. The summed E-state index contributed by atoms with van der Waals surface area (Å²) in [6.07, 6.45) is 59.0. The van der Waals surface area contributed by atoms with Crippen LogP contribution >= 0.6 is 15.6 Å². The van der Waals surface area contributed by atoms with Crippen LogP contribution in [0.25, 0.3) is 0 Å². The number of carbonyl (C=O) groups excluding carboxylic acids is 4. The van der Waals surface area contributed by atoms with Gasteiger partial charge in [-0.15, -0.1) is 0 Å². The molecule has 0 aliphatic heterocycles. The first-order chi connectivity index (χ1) is 45.5. The summed E-state index contributed by atoms with van der Waals surface area (Å²) in [7, 11) is -9.92. The van der Waals surface area contributed by atoms with Crippen LogP contribution in [0.3, 0.4) is 0 Å². The van der Waals surface area contributed by atoms with Crippen LogP contribution in [0.1, 0.15) is 369 Å². The van der Waals surface area contributed by atoms with Crippen LogP contribution in [0.15, 0.2) is 24.3 Å². The Bertz CT molecular complexity index is 1900. The van der Waals surface area contributed by atoms with Crippen molar-refractivity contribution in [3.63, 3.8) is 0 Å². The topological polar surface area (TPSA) is 237 Å². The summed E-state index contributed by atoms with van der Waals surface area (Å²) in [5, 5.41) is 10.6. The predicted octanol–water partition coefficient (Wildman–Crippen LogP) is 21.6. The lowest BCUT2D eigenvalue weighted by molar-refractivity contribution is -0.161. The van der Waals surface area contributed by atoms with E-state index in [1.54, 1.807) is 0 Å². The molecular formula is C75H142O17P2. The molecule has 0 aliphatic rings. The smallest absolute Gasteiger partial charge is 0.462 e. The fourth-order valence-electron chi connectivity index (χ4n) is 11.0. The number of rotatable bonds is 73. The van der Waals surface area contributed by atoms with Crippen LogP contribution < -0.4 is 0 Å². The number of hydrogen-bond donors (Lipinski definition) is 3. The zero-order valence-electron chi connectivity index (χ0n) is 60.6. The van der Waals surface area contributed by atoms with Crippen molar-refractivity contribution in [1.29, 1.82) is 0 Å². The first kappa shape index (κ1) is 91.5. The van der Waals surface area contributed by atoms with Crippen molar-refractivity contribution < 1.29 is 80.2 Å². The summed E-state index contributed by atoms with van der Waals surface area (Å²) in [5.74, 6) is -1.37. The third kappa shape index (κ3) is 68.1. The van der Waals surface area contributed by atoms with Gasteiger partial charge in [0.05, 0.1) is 26.4 Å². The fraction of sp³-hybridized carbons (Fsp3) is 0.893. The molecule has 0 aromatic heterocycles. The second kappa shape index (κ2) is 67.7. The molecule has 2 unspecified atom stereocenters. The van der Waals surface area contributed by atoms with Crippen molar-refractivity contribution in [2.24, 2.45) is 5.92 Å². The van der Waals surface area contributed by atoms with Gasteiger partial charge in [0.1, 0.15) is 19.3 Å². The molecule has 0 aliphatic carbocycles. The van der Waals surface area contributed by atoms with E-state index >= 15 is 0 Å². The van der Waals surface area contributed by atoms with Gasteiger partial charge in [0.25, 0.3) is 0 Å². The maximum atomic E-state index is 13.1. The summed E-state index contributed by atoms with van der Waals surface area (Å²) < 4.78 is 68.4. The first-order valence-corrected chi connectivity index (χ1v) is 41.4. The van der Waals surface area contributed by atoms with E-state index in [0.29, 0.717) is 25.7 Å². The zero-order valence-corrected chi connectivity index (χ0v) is 62.4. The van der Waals surface area contributed by atoms with Gasteiger partial charge in [0.15, 0.2) is 12.2 Å². The SMILES string of the molecule is CCCCCC/C=C\C=C/CCCCCCCC(=O)OC[C@H](COP(=O)(O)OC[C@@H](O)COP(=O)(O)OC[C@@H](COC(=O)CCCCCCCCCC)OC(=O)CCCCCCCCCCCCCCC(C)C)OC(=O)CCCCCCCCCCCCCCCCCC. The average molecular weight is 1380 g/mol. The summed E-state index contributed by atoms with van der Waals surface area (Å²) >= 11 is 0. The van der Waals surface area contributed by atoms with E-state index in [2.05, 4.69) is 58.9 Å². The predicted molar refractivity (Wildman–Crippen MR) is 381 cm³/mol. The standard InChI is InChI=1S/C75H142O17P2/c1-6-9-12-15-18-21-23-25-27-29-31-36-40-45-50-55-60-74(79)92-71(65-86-73(78)59-54-49-44-39-35-30-28-26-24-22-19-16-13-10-7-2)67-90-94(83,84)88-63-69(76)62-87-93(81,82)89-66-70(64-85-72(77)58-53-48-43-20-17-14-11-8-3)91-75(80)61-56-51-46-41-37-33-32-34-38-42-47-52-57-68(4)5/h22,24,26,28,68-71,76H,6-21,23,25,27,29-67H2,1-5H3,(H,81,82)(H,83,84)/b24-22-,28-26-/t69-,70+,71+/m0/s1.